The van der Waals surface area contributed by atoms with Gasteiger partial charge in [-0.2, -0.15) is 0 Å². The summed E-state index contributed by atoms with van der Waals surface area (Å²) in [6.07, 6.45) is 3.47. The summed E-state index contributed by atoms with van der Waals surface area (Å²) in [5.41, 5.74) is 0.636. The van der Waals surface area contributed by atoms with Crippen LogP contribution in [-0.4, -0.2) is 47.8 Å². The van der Waals surface area contributed by atoms with Crippen molar-refractivity contribution in [3.8, 4) is 5.88 Å². The maximum atomic E-state index is 12.1. The molecule has 6 nitrogen and oxygen atoms in total. The van der Waals surface area contributed by atoms with E-state index in [0.717, 1.165) is 19.4 Å². The number of aromatic nitrogens is 1. The molecular formula is C13H19N3O3. The van der Waals surface area contributed by atoms with Crippen molar-refractivity contribution >= 4 is 11.7 Å². The van der Waals surface area contributed by atoms with Crippen molar-refractivity contribution in [3.63, 3.8) is 0 Å². The second-order valence-electron chi connectivity index (χ2n) is 4.66. The lowest BCUT2D eigenvalue weighted by Crippen LogP contribution is -2.43. The number of piperidine rings is 1. The van der Waals surface area contributed by atoms with Crippen LogP contribution < -0.4 is 10.1 Å². The van der Waals surface area contributed by atoms with Crippen LogP contribution in [0.25, 0.3) is 0 Å². The Morgan fingerprint density at radius 2 is 2.47 bits per heavy atom. The Bertz CT molecular complexity index is 422. The van der Waals surface area contributed by atoms with Gasteiger partial charge in [-0.05, 0) is 24.8 Å². The van der Waals surface area contributed by atoms with Gasteiger partial charge < -0.3 is 20.1 Å². The molecule has 1 fully saturated rings. The van der Waals surface area contributed by atoms with E-state index in [1.165, 1.54) is 0 Å². The number of aliphatic hydroxyl groups is 1. The van der Waals surface area contributed by atoms with Gasteiger partial charge in [-0.1, -0.05) is 0 Å². The van der Waals surface area contributed by atoms with Crippen molar-refractivity contribution in [1.82, 2.24) is 9.88 Å². The third-order valence-corrected chi connectivity index (χ3v) is 3.26. The number of urea groups is 1. The zero-order valence-corrected chi connectivity index (χ0v) is 11.0. The van der Waals surface area contributed by atoms with Gasteiger partial charge >= 0.3 is 6.03 Å². The normalized spacial score (nSPS) is 19.1. The molecule has 2 heterocycles. The average Bonchev–Trinajstić information content (AvgIpc) is 2.48. The van der Waals surface area contributed by atoms with Crippen LogP contribution in [-0.2, 0) is 0 Å². The summed E-state index contributed by atoms with van der Waals surface area (Å²) in [4.78, 5) is 17.8. The number of hydrogen-bond donors (Lipinski definition) is 2. The summed E-state index contributed by atoms with van der Waals surface area (Å²) in [5.74, 6) is 0.699. The Kier molecular flexibility index (Phi) is 4.57. The summed E-state index contributed by atoms with van der Waals surface area (Å²) in [6.45, 7) is 1.46. The quantitative estimate of drug-likeness (QED) is 0.864. The van der Waals surface area contributed by atoms with Gasteiger partial charge in [0.2, 0.25) is 5.88 Å². The molecule has 1 atom stereocenters. The molecule has 0 spiro atoms. The molecule has 2 N–H and O–H groups in total. The molecule has 1 aromatic heterocycles. The highest BCUT2D eigenvalue weighted by molar-refractivity contribution is 5.89. The molecule has 1 aliphatic heterocycles. The zero-order valence-electron chi connectivity index (χ0n) is 11.0. The fourth-order valence-electron chi connectivity index (χ4n) is 2.18. The van der Waals surface area contributed by atoms with E-state index in [9.17, 15) is 4.79 Å². The average molecular weight is 265 g/mol. The van der Waals surface area contributed by atoms with Gasteiger partial charge in [0.25, 0.3) is 0 Å². The van der Waals surface area contributed by atoms with Crippen molar-refractivity contribution in [2.45, 2.75) is 12.8 Å². The fraction of sp³-hybridized carbons (Fsp3) is 0.538. The maximum absolute atomic E-state index is 12.1. The second-order valence-corrected chi connectivity index (χ2v) is 4.66. The first kappa shape index (κ1) is 13.6. The summed E-state index contributed by atoms with van der Waals surface area (Å²) < 4.78 is 4.96. The molecule has 0 bridgehead atoms. The van der Waals surface area contributed by atoms with Crippen molar-refractivity contribution in [3.05, 3.63) is 18.3 Å². The molecule has 0 saturated carbocycles. The number of nitrogens with zero attached hydrogens (tertiary/aromatic N) is 2. The highest BCUT2D eigenvalue weighted by Crippen LogP contribution is 2.17. The van der Waals surface area contributed by atoms with Gasteiger partial charge in [-0.25, -0.2) is 9.78 Å². The Morgan fingerprint density at radius 1 is 1.63 bits per heavy atom. The molecule has 19 heavy (non-hydrogen) atoms. The van der Waals surface area contributed by atoms with Gasteiger partial charge in [0.05, 0.1) is 19.0 Å². The molecule has 0 radical (unpaired) electrons. The van der Waals surface area contributed by atoms with E-state index in [1.54, 1.807) is 30.3 Å². The number of hydrogen-bond acceptors (Lipinski definition) is 4. The largest absolute Gasteiger partial charge is 0.481 e. The molecule has 0 aromatic carbocycles. The lowest BCUT2D eigenvalue weighted by atomic mass is 9.99. The molecule has 1 aliphatic rings. The van der Waals surface area contributed by atoms with Crippen molar-refractivity contribution in [2.75, 3.05) is 32.1 Å². The third kappa shape index (κ3) is 3.57. The number of likely N-dealkylation sites (tertiary alicyclic amines) is 1. The minimum Gasteiger partial charge on any atom is -0.481 e. The minimum absolute atomic E-state index is 0.133. The number of nitrogens with one attached hydrogen (secondary N) is 1. The highest BCUT2D eigenvalue weighted by Gasteiger charge is 2.23. The Morgan fingerprint density at radius 3 is 3.11 bits per heavy atom. The van der Waals surface area contributed by atoms with Gasteiger partial charge in [-0.3, -0.25) is 0 Å². The third-order valence-electron chi connectivity index (χ3n) is 3.26. The smallest absolute Gasteiger partial charge is 0.321 e. The number of aliphatic hydroxyl groups excluding tert-OH is 1. The molecule has 1 saturated heterocycles. The molecule has 2 rings (SSSR count). The fourth-order valence-corrected chi connectivity index (χ4v) is 2.18. The van der Waals surface area contributed by atoms with Gasteiger partial charge in [0.15, 0.2) is 0 Å². The van der Waals surface area contributed by atoms with E-state index in [4.69, 9.17) is 9.84 Å². The molecule has 0 aliphatic carbocycles. The summed E-state index contributed by atoms with van der Waals surface area (Å²) in [5, 5.41) is 12.0. The Balaban J connectivity index is 1.92. The molecule has 104 valence electrons. The van der Waals surface area contributed by atoms with Crippen LogP contribution in [0, 0.1) is 5.92 Å². The number of ether oxygens (including phenoxy) is 1. The number of carbonyl (C=O) groups excluding carboxylic acids is 1. The summed E-state index contributed by atoms with van der Waals surface area (Å²) >= 11 is 0. The van der Waals surface area contributed by atoms with Crippen molar-refractivity contribution in [2.24, 2.45) is 5.92 Å². The van der Waals surface area contributed by atoms with Gasteiger partial charge in [0, 0.05) is 25.8 Å². The second kappa shape index (κ2) is 6.38. The van der Waals surface area contributed by atoms with Gasteiger partial charge in [-0.15, -0.1) is 0 Å². The maximum Gasteiger partial charge on any atom is 0.321 e. The van der Waals surface area contributed by atoms with Crippen LogP contribution in [0.5, 0.6) is 5.88 Å². The highest BCUT2D eigenvalue weighted by atomic mass is 16.5. The lowest BCUT2D eigenvalue weighted by molar-refractivity contribution is 0.136. The topological polar surface area (TPSA) is 74.7 Å². The number of pyridine rings is 1. The van der Waals surface area contributed by atoms with Crippen LogP contribution in [0.2, 0.25) is 0 Å². The molecule has 6 heteroatoms. The Labute approximate surface area is 112 Å². The van der Waals surface area contributed by atoms with Crippen LogP contribution in [0.1, 0.15) is 12.8 Å². The predicted octanol–water partition coefficient (Wildman–Crippen LogP) is 1.33. The van der Waals surface area contributed by atoms with Crippen LogP contribution in [0.15, 0.2) is 18.3 Å². The molecule has 0 unspecified atom stereocenters. The SMILES string of the molecule is COc1ccc(NC(=O)N2CCC[C@@H](CO)C2)cn1. The molecule has 1 aromatic rings. The van der Waals surface area contributed by atoms with E-state index in [2.05, 4.69) is 10.3 Å². The first-order valence-corrected chi connectivity index (χ1v) is 6.39. The first-order valence-electron chi connectivity index (χ1n) is 6.39. The number of anilines is 1. The van der Waals surface area contributed by atoms with Crippen LogP contribution >= 0.6 is 0 Å². The number of methoxy groups -OCH3 is 1. The predicted molar refractivity (Wildman–Crippen MR) is 71.2 cm³/mol. The first-order chi connectivity index (χ1) is 9.22. The van der Waals surface area contributed by atoms with Crippen molar-refractivity contribution < 1.29 is 14.6 Å². The number of carbonyl (C=O) groups is 1. The molecular weight excluding hydrogens is 246 g/mol. The van der Waals surface area contributed by atoms with E-state index in [0.29, 0.717) is 18.1 Å². The number of rotatable bonds is 3. The van der Waals surface area contributed by atoms with E-state index < -0.39 is 0 Å². The van der Waals surface area contributed by atoms with Crippen LogP contribution in [0.4, 0.5) is 10.5 Å². The monoisotopic (exact) mass is 265 g/mol. The van der Waals surface area contributed by atoms with E-state index in [1.807, 2.05) is 0 Å². The minimum atomic E-state index is -0.148. The summed E-state index contributed by atoms with van der Waals surface area (Å²) in [6, 6.07) is 3.30. The molecule has 2 amide bonds. The Hall–Kier alpha value is -1.82. The van der Waals surface area contributed by atoms with Crippen LogP contribution in [0.3, 0.4) is 0 Å². The van der Waals surface area contributed by atoms with E-state index in [-0.39, 0.29) is 18.6 Å². The standard InChI is InChI=1S/C13H19N3O3/c1-19-12-5-4-11(7-14-12)15-13(18)16-6-2-3-10(8-16)9-17/h4-5,7,10,17H,2-3,6,8-9H2,1H3,(H,15,18)/t10-/m1/s1. The van der Waals surface area contributed by atoms with Crippen molar-refractivity contribution in [1.29, 1.82) is 0 Å². The summed E-state index contributed by atoms with van der Waals surface area (Å²) in [7, 11) is 1.54. The zero-order chi connectivity index (χ0) is 13.7. The number of amides is 2. The van der Waals surface area contributed by atoms with E-state index >= 15 is 0 Å². The van der Waals surface area contributed by atoms with Gasteiger partial charge in [0.1, 0.15) is 0 Å². The lowest BCUT2D eigenvalue weighted by Gasteiger charge is -2.31.